The van der Waals surface area contributed by atoms with Crippen LogP contribution >= 0.6 is 45.3 Å². The van der Waals surface area contributed by atoms with Gasteiger partial charge in [-0.15, -0.1) is 45.3 Å². The van der Waals surface area contributed by atoms with Gasteiger partial charge in [-0.3, -0.25) is 0 Å². The van der Waals surface area contributed by atoms with Crippen LogP contribution in [-0.2, 0) is 5.60 Å². The highest BCUT2D eigenvalue weighted by atomic mass is 32.1. The molecule has 6 aromatic heterocycles. The lowest BCUT2D eigenvalue weighted by Gasteiger charge is -2.31. The minimum atomic E-state index is -0.483. The summed E-state index contributed by atoms with van der Waals surface area (Å²) < 4.78 is 9.09. The van der Waals surface area contributed by atoms with Crippen LogP contribution in [0.15, 0.2) is 60.7 Å². The summed E-state index contributed by atoms with van der Waals surface area (Å²) in [6.07, 6.45) is 0. The highest BCUT2D eigenvalue weighted by molar-refractivity contribution is 7.26. The second kappa shape index (κ2) is 10.0. The van der Waals surface area contributed by atoms with Gasteiger partial charge in [-0.2, -0.15) is 0 Å². The maximum atomic E-state index is 6.70. The minimum Gasteiger partial charge on any atom is -0.482 e. The monoisotopic (exact) mass is 698 g/mol. The first kappa shape index (κ1) is 28.9. The van der Waals surface area contributed by atoms with Crippen LogP contribution in [0.25, 0.3) is 83.1 Å². The molecular weight excluding hydrogens is 669 g/mol. The molecule has 0 bridgehead atoms. The maximum absolute atomic E-state index is 6.70. The molecule has 0 fully saturated rings. The Morgan fingerprint density at radius 1 is 0.604 bits per heavy atom. The molecular formula is C39H30N4OS4. The molecule has 9 aromatic rings. The van der Waals surface area contributed by atoms with Crippen LogP contribution in [0.4, 0.5) is 0 Å². The summed E-state index contributed by atoms with van der Waals surface area (Å²) in [6.45, 7) is 13.3. The lowest BCUT2D eigenvalue weighted by atomic mass is 9.92. The predicted molar refractivity (Wildman–Crippen MR) is 207 cm³/mol. The van der Waals surface area contributed by atoms with E-state index in [1.165, 1.54) is 29.6 Å². The van der Waals surface area contributed by atoms with E-state index in [0.717, 1.165) is 75.3 Å². The Bertz CT molecular complexity index is 2810. The van der Waals surface area contributed by atoms with Crippen LogP contribution in [-0.4, -0.2) is 19.9 Å². The molecule has 48 heavy (non-hydrogen) atoms. The summed E-state index contributed by atoms with van der Waals surface area (Å²) in [6, 6.07) is 21.6. The highest BCUT2D eigenvalue weighted by Crippen LogP contribution is 2.56. The van der Waals surface area contributed by atoms with Gasteiger partial charge in [-0.05, 0) is 49.9 Å². The SMILES string of the molecule is CC(C)c1cc2c(s1)-c1sc(-c3c4nc5c(nc4c(C(C)C)c4nc6c(nc34)sc3ccccc36)sc3ccccc35)cc1C(C)(C)O2. The number of aromatic nitrogens is 4. The van der Waals surface area contributed by atoms with Gasteiger partial charge < -0.3 is 4.74 Å². The number of hydrogen-bond acceptors (Lipinski definition) is 9. The molecule has 7 heterocycles. The van der Waals surface area contributed by atoms with E-state index in [2.05, 4.69) is 102 Å². The van der Waals surface area contributed by atoms with Gasteiger partial charge in [0, 0.05) is 46.6 Å². The van der Waals surface area contributed by atoms with Crippen LogP contribution in [0.1, 0.15) is 69.4 Å². The van der Waals surface area contributed by atoms with Crippen molar-refractivity contribution < 1.29 is 4.74 Å². The summed E-state index contributed by atoms with van der Waals surface area (Å²) in [5, 5.41) is 2.28. The van der Waals surface area contributed by atoms with Crippen molar-refractivity contribution in [3.8, 4) is 25.9 Å². The number of nitrogens with zero attached hydrogens (tertiary/aromatic N) is 4. The smallest absolute Gasteiger partial charge is 0.143 e. The van der Waals surface area contributed by atoms with Gasteiger partial charge in [0.2, 0.25) is 0 Å². The van der Waals surface area contributed by atoms with Crippen molar-refractivity contribution in [1.82, 2.24) is 19.9 Å². The molecule has 0 radical (unpaired) electrons. The average molecular weight is 699 g/mol. The third kappa shape index (κ3) is 3.99. The molecule has 9 heteroatoms. The first-order valence-electron chi connectivity index (χ1n) is 16.3. The fourth-order valence-electron chi connectivity index (χ4n) is 7.14. The lowest BCUT2D eigenvalue weighted by molar-refractivity contribution is 0.107. The number of fused-ring (bicyclic) bond motifs is 11. The van der Waals surface area contributed by atoms with E-state index in [1.54, 1.807) is 22.7 Å². The summed E-state index contributed by atoms with van der Waals surface area (Å²) in [5.74, 6) is 1.58. The summed E-state index contributed by atoms with van der Waals surface area (Å²) in [5.41, 5.74) is 8.35. The third-order valence-electron chi connectivity index (χ3n) is 9.47. The third-order valence-corrected chi connectivity index (χ3v) is 14.3. The normalized spacial score (nSPS) is 14.3. The van der Waals surface area contributed by atoms with Crippen molar-refractivity contribution >= 4 is 108 Å². The van der Waals surface area contributed by atoms with Gasteiger partial charge in [0.15, 0.2) is 0 Å². The highest BCUT2D eigenvalue weighted by Gasteiger charge is 2.37. The molecule has 236 valence electrons. The van der Waals surface area contributed by atoms with E-state index in [0.29, 0.717) is 5.92 Å². The number of thiophene rings is 4. The average Bonchev–Trinajstić information content (AvgIpc) is 3.84. The Morgan fingerprint density at radius 3 is 1.83 bits per heavy atom. The van der Waals surface area contributed by atoms with Gasteiger partial charge >= 0.3 is 0 Å². The molecule has 0 N–H and O–H groups in total. The zero-order chi connectivity index (χ0) is 32.6. The Balaban J connectivity index is 1.38. The Kier molecular flexibility index (Phi) is 6.04. The van der Waals surface area contributed by atoms with Crippen molar-refractivity contribution in [3.05, 3.63) is 76.7 Å². The van der Waals surface area contributed by atoms with Crippen molar-refractivity contribution in [3.63, 3.8) is 0 Å². The van der Waals surface area contributed by atoms with Crippen molar-refractivity contribution in [2.45, 2.75) is 59.0 Å². The zero-order valence-electron chi connectivity index (χ0n) is 27.3. The number of ether oxygens (including phenoxy) is 1. The van der Waals surface area contributed by atoms with Gasteiger partial charge in [-0.1, -0.05) is 64.1 Å². The lowest BCUT2D eigenvalue weighted by Crippen LogP contribution is -2.27. The maximum Gasteiger partial charge on any atom is 0.143 e. The van der Waals surface area contributed by atoms with E-state index < -0.39 is 5.60 Å². The molecule has 0 unspecified atom stereocenters. The summed E-state index contributed by atoms with van der Waals surface area (Å²) in [4.78, 5) is 28.8. The molecule has 0 spiro atoms. The number of benzene rings is 3. The largest absolute Gasteiger partial charge is 0.482 e. The fraction of sp³-hybridized carbons (Fsp3) is 0.231. The minimum absolute atomic E-state index is 0.161. The first-order chi connectivity index (χ1) is 23.2. The molecule has 0 aliphatic carbocycles. The molecule has 5 nitrogen and oxygen atoms in total. The Hall–Kier alpha value is -4.02. The van der Waals surface area contributed by atoms with E-state index in [4.69, 9.17) is 24.7 Å². The van der Waals surface area contributed by atoms with E-state index in [9.17, 15) is 0 Å². The van der Waals surface area contributed by atoms with Gasteiger partial charge in [0.25, 0.3) is 0 Å². The second-order valence-corrected chi connectivity index (χ2v) is 17.9. The standard InChI is InChI=1S/C39H30N4OS4/c1-17(2)25-16-22-36(45-25)35-21(39(5,6)44-22)15-26(46-35)28-33-32(42-37-30(41-33)20-12-8-10-14-24(20)47-37)27(18(3)4)31-34(28)43-38-29(40-31)19-11-7-9-13-23(19)48-38/h7-18H,1-6H3. The second-order valence-electron chi connectivity index (χ2n) is 13.8. The Morgan fingerprint density at radius 2 is 1.19 bits per heavy atom. The van der Waals surface area contributed by atoms with Gasteiger partial charge in [0.05, 0.1) is 20.8 Å². The van der Waals surface area contributed by atoms with Crippen LogP contribution in [0.2, 0.25) is 0 Å². The summed E-state index contributed by atoms with van der Waals surface area (Å²) in [7, 11) is 0. The molecule has 3 aromatic carbocycles. The molecule has 0 amide bonds. The topological polar surface area (TPSA) is 60.8 Å². The Labute approximate surface area is 292 Å². The molecule has 1 aliphatic rings. The predicted octanol–water partition coefficient (Wildman–Crippen LogP) is 12.6. The number of rotatable bonds is 3. The van der Waals surface area contributed by atoms with E-state index >= 15 is 0 Å². The van der Waals surface area contributed by atoms with E-state index in [1.807, 2.05) is 22.7 Å². The molecule has 10 rings (SSSR count). The van der Waals surface area contributed by atoms with Crippen molar-refractivity contribution in [1.29, 1.82) is 0 Å². The number of hydrogen-bond donors (Lipinski definition) is 0. The fourth-order valence-corrected chi connectivity index (χ4v) is 11.8. The van der Waals surface area contributed by atoms with Crippen LogP contribution in [0.5, 0.6) is 5.75 Å². The van der Waals surface area contributed by atoms with Crippen LogP contribution in [0, 0.1) is 0 Å². The zero-order valence-corrected chi connectivity index (χ0v) is 30.5. The molecule has 1 aliphatic heterocycles. The molecule has 0 saturated carbocycles. The first-order valence-corrected chi connectivity index (χ1v) is 19.5. The summed E-state index contributed by atoms with van der Waals surface area (Å²) >= 11 is 7.09. The van der Waals surface area contributed by atoms with Crippen LogP contribution in [0.3, 0.4) is 0 Å². The van der Waals surface area contributed by atoms with Gasteiger partial charge in [0.1, 0.15) is 43.1 Å². The van der Waals surface area contributed by atoms with Crippen molar-refractivity contribution in [2.24, 2.45) is 0 Å². The van der Waals surface area contributed by atoms with Crippen molar-refractivity contribution in [2.75, 3.05) is 0 Å². The molecule has 0 atom stereocenters. The van der Waals surface area contributed by atoms with Gasteiger partial charge in [-0.25, -0.2) is 19.9 Å². The van der Waals surface area contributed by atoms with E-state index in [-0.39, 0.29) is 5.92 Å². The van der Waals surface area contributed by atoms with Crippen LogP contribution < -0.4 is 4.74 Å². The quantitative estimate of drug-likeness (QED) is 0.172. The molecule has 0 saturated heterocycles.